The maximum Gasteiger partial charge on any atom is 0.230 e. The van der Waals surface area contributed by atoms with Crippen molar-refractivity contribution in [3.05, 3.63) is 36.4 Å². The van der Waals surface area contributed by atoms with E-state index in [0.717, 1.165) is 54.0 Å². The lowest BCUT2D eigenvalue weighted by molar-refractivity contribution is -0.123. The fraction of sp³-hybridized carbons (Fsp3) is 0.462. The quantitative estimate of drug-likeness (QED) is 0.508. The molecular formula is C26H31N5O3. The number of benzene rings is 2. The number of methoxy groups -OCH3 is 2. The molecule has 1 heterocycles. The van der Waals surface area contributed by atoms with Crippen LogP contribution in [0.1, 0.15) is 45.4 Å². The first-order valence-corrected chi connectivity index (χ1v) is 12.0. The van der Waals surface area contributed by atoms with Crippen molar-refractivity contribution in [2.45, 2.75) is 45.4 Å². The van der Waals surface area contributed by atoms with E-state index in [1.54, 1.807) is 14.2 Å². The minimum Gasteiger partial charge on any atom is -0.493 e. The third kappa shape index (κ3) is 4.13. The van der Waals surface area contributed by atoms with Crippen molar-refractivity contribution in [1.29, 1.82) is 0 Å². The number of rotatable bonds is 7. The highest BCUT2D eigenvalue weighted by Crippen LogP contribution is 2.57. The van der Waals surface area contributed by atoms with Gasteiger partial charge in [-0.2, -0.15) is 5.21 Å². The van der Waals surface area contributed by atoms with E-state index in [1.165, 1.54) is 12.8 Å². The molecule has 1 aromatic heterocycles. The van der Waals surface area contributed by atoms with Gasteiger partial charge in [0.2, 0.25) is 11.7 Å². The Morgan fingerprint density at radius 3 is 2.41 bits per heavy atom. The third-order valence-electron chi connectivity index (χ3n) is 7.60. The molecule has 0 atom stereocenters. The van der Waals surface area contributed by atoms with E-state index in [4.69, 9.17) is 9.47 Å². The van der Waals surface area contributed by atoms with Crippen molar-refractivity contribution in [1.82, 2.24) is 20.6 Å². The predicted molar refractivity (Wildman–Crippen MR) is 130 cm³/mol. The van der Waals surface area contributed by atoms with Crippen LogP contribution < -0.4 is 14.8 Å². The molecule has 34 heavy (non-hydrogen) atoms. The molecule has 3 aromatic rings. The molecule has 0 aliphatic heterocycles. The number of hydrogen-bond acceptors (Lipinski definition) is 6. The topological polar surface area (TPSA) is 102 Å². The zero-order chi connectivity index (χ0) is 23.7. The van der Waals surface area contributed by atoms with Crippen LogP contribution in [-0.4, -0.2) is 40.8 Å². The molecule has 2 saturated carbocycles. The minimum absolute atomic E-state index is 0.144. The molecule has 0 bridgehead atoms. The molecule has 2 aliphatic rings. The molecule has 2 fully saturated rings. The number of aromatic amines is 1. The number of nitrogens with zero attached hydrogens (tertiary/aromatic N) is 3. The molecule has 178 valence electrons. The zero-order valence-corrected chi connectivity index (χ0v) is 19.9. The van der Waals surface area contributed by atoms with Crippen molar-refractivity contribution in [2.24, 2.45) is 17.3 Å². The van der Waals surface area contributed by atoms with Gasteiger partial charge in [0.25, 0.3) is 0 Å². The smallest absolute Gasteiger partial charge is 0.230 e. The van der Waals surface area contributed by atoms with Gasteiger partial charge in [-0.05, 0) is 78.1 Å². The number of amides is 1. The van der Waals surface area contributed by atoms with Gasteiger partial charge in [0.1, 0.15) is 0 Å². The Bertz CT molecular complexity index is 1170. The fourth-order valence-corrected chi connectivity index (χ4v) is 5.36. The first kappa shape index (κ1) is 22.4. The van der Waals surface area contributed by atoms with E-state index >= 15 is 0 Å². The third-order valence-corrected chi connectivity index (χ3v) is 7.60. The maximum absolute atomic E-state index is 13.4. The fourth-order valence-electron chi connectivity index (χ4n) is 5.36. The van der Waals surface area contributed by atoms with Crippen LogP contribution in [0.15, 0.2) is 36.4 Å². The molecule has 0 radical (unpaired) electrons. The number of ether oxygens (including phenoxy) is 2. The largest absolute Gasteiger partial charge is 0.493 e. The predicted octanol–water partition coefficient (Wildman–Crippen LogP) is 5.10. The SMILES string of the molecule is COc1ccc(-c2ccc(NC(=O)C3(C4CCC(C)CC4)CC3)cc2-c2nn[nH]n2)cc1OC. The van der Waals surface area contributed by atoms with Crippen LogP contribution in [0.4, 0.5) is 5.69 Å². The normalized spacial score (nSPS) is 21.0. The number of carbonyl (C=O) groups is 1. The summed E-state index contributed by atoms with van der Waals surface area (Å²) in [4.78, 5) is 13.4. The van der Waals surface area contributed by atoms with E-state index in [1.807, 2.05) is 36.4 Å². The Hall–Kier alpha value is -3.42. The highest BCUT2D eigenvalue weighted by Gasteiger charge is 2.55. The second-order valence-electron chi connectivity index (χ2n) is 9.63. The highest BCUT2D eigenvalue weighted by molar-refractivity contribution is 5.98. The Balaban J connectivity index is 1.44. The van der Waals surface area contributed by atoms with E-state index in [0.29, 0.717) is 23.2 Å². The molecule has 2 aromatic carbocycles. The Labute approximate surface area is 199 Å². The number of H-pyrrole nitrogens is 1. The number of aromatic nitrogens is 4. The molecule has 0 spiro atoms. The lowest BCUT2D eigenvalue weighted by atomic mass is 9.74. The molecule has 0 saturated heterocycles. The zero-order valence-electron chi connectivity index (χ0n) is 19.9. The monoisotopic (exact) mass is 461 g/mol. The summed E-state index contributed by atoms with van der Waals surface area (Å²) < 4.78 is 10.9. The van der Waals surface area contributed by atoms with Gasteiger partial charge >= 0.3 is 0 Å². The molecule has 8 nitrogen and oxygen atoms in total. The van der Waals surface area contributed by atoms with Crippen LogP contribution in [0.2, 0.25) is 0 Å². The van der Waals surface area contributed by atoms with Crippen LogP contribution in [-0.2, 0) is 4.79 Å². The molecule has 0 unspecified atom stereocenters. The number of carbonyl (C=O) groups excluding carboxylic acids is 1. The van der Waals surface area contributed by atoms with Crippen molar-refractivity contribution in [2.75, 3.05) is 19.5 Å². The van der Waals surface area contributed by atoms with Crippen molar-refractivity contribution in [3.8, 4) is 34.0 Å². The minimum atomic E-state index is -0.200. The van der Waals surface area contributed by atoms with Gasteiger partial charge in [0.05, 0.1) is 19.6 Å². The van der Waals surface area contributed by atoms with Gasteiger partial charge in [-0.1, -0.05) is 31.9 Å². The van der Waals surface area contributed by atoms with Gasteiger partial charge in [-0.15, -0.1) is 10.2 Å². The van der Waals surface area contributed by atoms with Gasteiger partial charge in [-0.3, -0.25) is 4.79 Å². The summed E-state index contributed by atoms with van der Waals surface area (Å²) in [5, 5.41) is 17.9. The number of tetrazole rings is 1. The Morgan fingerprint density at radius 2 is 1.76 bits per heavy atom. The average molecular weight is 462 g/mol. The van der Waals surface area contributed by atoms with Gasteiger partial charge in [-0.25, -0.2) is 0 Å². The van der Waals surface area contributed by atoms with Crippen LogP contribution in [0.25, 0.3) is 22.5 Å². The van der Waals surface area contributed by atoms with Crippen LogP contribution >= 0.6 is 0 Å². The van der Waals surface area contributed by atoms with Crippen molar-refractivity contribution < 1.29 is 14.3 Å². The average Bonchev–Trinajstić information content (AvgIpc) is 3.50. The second kappa shape index (κ2) is 9.08. The summed E-state index contributed by atoms with van der Waals surface area (Å²) in [5.41, 5.74) is 3.14. The van der Waals surface area contributed by atoms with E-state index in [9.17, 15) is 4.79 Å². The van der Waals surface area contributed by atoms with Gasteiger partial charge in [0, 0.05) is 11.3 Å². The number of nitrogens with one attached hydrogen (secondary N) is 2. The van der Waals surface area contributed by atoms with Crippen LogP contribution in [0, 0.1) is 17.3 Å². The second-order valence-corrected chi connectivity index (χ2v) is 9.63. The Morgan fingerprint density at radius 1 is 1.00 bits per heavy atom. The van der Waals surface area contributed by atoms with E-state index in [-0.39, 0.29) is 11.3 Å². The lowest BCUT2D eigenvalue weighted by Crippen LogP contribution is -2.33. The highest BCUT2D eigenvalue weighted by atomic mass is 16.5. The van der Waals surface area contributed by atoms with Gasteiger partial charge < -0.3 is 14.8 Å². The number of hydrogen-bond donors (Lipinski definition) is 2. The molecule has 1 amide bonds. The first-order valence-electron chi connectivity index (χ1n) is 12.0. The molecule has 5 rings (SSSR count). The van der Waals surface area contributed by atoms with Crippen LogP contribution in [0.3, 0.4) is 0 Å². The molecule has 2 aliphatic carbocycles. The summed E-state index contributed by atoms with van der Waals surface area (Å²) in [5.74, 6) is 3.16. The van der Waals surface area contributed by atoms with Gasteiger partial charge in [0.15, 0.2) is 11.5 Å². The van der Waals surface area contributed by atoms with E-state index < -0.39 is 0 Å². The standard InChI is InChI=1S/C26H31N5O3/c1-16-4-7-18(8-5-16)26(12-13-26)25(32)27-19-9-10-20(21(15-19)24-28-30-31-29-24)17-6-11-22(33-2)23(14-17)34-3/h6,9-11,14-16,18H,4-5,7-8,12-13H2,1-3H3,(H,27,32)(H,28,29,30,31). The summed E-state index contributed by atoms with van der Waals surface area (Å²) in [6.07, 6.45) is 6.73. The lowest BCUT2D eigenvalue weighted by Gasteiger charge is -2.32. The van der Waals surface area contributed by atoms with E-state index in [2.05, 4.69) is 32.9 Å². The molecule has 2 N–H and O–H groups in total. The van der Waals surface area contributed by atoms with Crippen molar-refractivity contribution >= 4 is 11.6 Å². The summed E-state index contributed by atoms with van der Waals surface area (Å²) in [6.45, 7) is 2.31. The molecular weight excluding hydrogens is 430 g/mol. The summed E-state index contributed by atoms with van der Waals surface area (Å²) in [7, 11) is 3.22. The number of anilines is 1. The van der Waals surface area contributed by atoms with Crippen molar-refractivity contribution in [3.63, 3.8) is 0 Å². The molecule has 8 heteroatoms. The summed E-state index contributed by atoms with van der Waals surface area (Å²) >= 11 is 0. The van der Waals surface area contributed by atoms with Crippen LogP contribution in [0.5, 0.6) is 11.5 Å². The summed E-state index contributed by atoms with van der Waals surface area (Å²) in [6, 6.07) is 11.6. The maximum atomic E-state index is 13.4. The Kier molecular flexibility index (Phi) is 5.98. The first-order chi connectivity index (χ1) is 16.5.